The minimum atomic E-state index is -0.811. The zero-order chi connectivity index (χ0) is 24.8. The summed E-state index contributed by atoms with van der Waals surface area (Å²) >= 11 is 1.29. The highest BCUT2D eigenvalue weighted by molar-refractivity contribution is 7.18. The second-order valence-electron chi connectivity index (χ2n) is 8.36. The fourth-order valence-corrected chi connectivity index (χ4v) is 4.29. The van der Waals surface area contributed by atoms with Crippen molar-refractivity contribution >= 4 is 34.1 Å². The molecule has 0 fully saturated rings. The minimum Gasteiger partial charge on any atom is -0.326 e. The molecule has 1 heterocycles. The van der Waals surface area contributed by atoms with Crippen LogP contribution in [0.25, 0.3) is 10.6 Å². The van der Waals surface area contributed by atoms with Crippen molar-refractivity contribution in [2.75, 3.05) is 10.6 Å². The highest BCUT2D eigenvalue weighted by Crippen LogP contribution is 2.26. The quantitative estimate of drug-likeness (QED) is 0.322. The van der Waals surface area contributed by atoms with Crippen molar-refractivity contribution in [1.82, 2.24) is 15.5 Å². The largest absolute Gasteiger partial charge is 0.326 e. The van der Waals surface area contributed by atoms with Crippen LogP contribution < -0.4 is 16.0 Å². The summed E-state index contributed by atoms with van der Waals surface area (Å²) in [4.78, 5) is 26.0. The van der Waals surface area contributed by atoms with E-state index in [1.165, 1.54) is 11.3 Å². The molecule has 1 aromatic heterocycles. The van der Waals surface area contributed by atoms with Gasteiger partial charge in [0.15, 0.2) is 0 Å². The number of nitrogens with zero attached hydrogens (tertiary/aromatic N) is 2. The molecule has 0 aliphatic heterocycles. The van der Waals surface area contributed by atoms with Gasteiger partial charge >= 0.3 is 6.03 Å². The Balaban J connectivity index is 1.48. The number of aromatic nitrogens is 2. The number of carbonyl (C=O) groups excluding carboxylic acids is 2. The maximum Gasteiger partial charge on any atom is 0.319 e. The Labute approximate surface area is 208 Å². The summed E-state index contributed by atoms with van der Waals surface area (Å²) in [5.74, 6) is -0.364. The van der Waals surface area contributed by atoms with Gasteiger partial charge in [-0.3, -0.25) is 10.1 Å². The minimum absolute atomic E-state index is 0.330. The molecule has 8 heteroatoms. The van der Waals surface area contributed by atoms with Crippen molar-refractivity contribution in [2.45, 2.75) is 33.2 Å². The zero-order valence-electron chi connectivity index (χ0n) is 19.8. The number of aryl methyl sites for hydroxylation is 2. The Kier molecular flexibility index (Phi) is 7.52. The summed E-state index contributed by atoms with van der Waals surface area (Å²) in [5, 5.41) is 17.9. The number of rotatable bonds is 7. The average Bonchev–Trinajstić information content (AvgIpc) is 3.31. The van der Waals surface area contributed by atoms with Crippen LogP contribution in [0.5, 0.6) is 0 Å². The molecule has 0 aliphatic carbocycles. The van der Waals surface area contributed by atoms with Gasteiger partial charge in [-0.25, -0.2) is 4.79 Å². The lowest BCUT2D eigenvalue weighted by atomic mass is 10.1. The van der Waals surface area contributed by atoms with Crippen LogP contribution in [0.2, 0.25) is 0 Å². The summed E-state index contributed by atoms with van der Waals surface area (Å²) in [6.45, 7) is 5.95. The third-order valence-corrected chi connectivity index (χ3v) is 6.60. The first-order chi connectivity index (χ1) is 16.9. The number of anilines is 2. The normalized spacial score (nSPS) is 11.5. The van der Waals surface area contributed by atoms with Gasteiger partial charge in [0.2, 0.25) is 11.0 Å². The number of nitrogens with one attached hydrogen (secondary N) is 3. The van der Waals surface area contributed by atoms with E-state index in [4.69, 9.17) is 0 Å². The summed E-state index contributed by atoms with van der Waals surface area (Å²) in [6, 6.07) is 21.9. The van der Waals surface area contributed by atoms with Crippen LogP contribution in [0.3, 0.4) is 0 Å². The van der Waals surface area contributed by atoms with Crippen molar-refractivity contribution in [1.29, 1.82) is 0 Å². The molecule has 0 radical (unpaired) electrons. The van der Waals surface area contributed by atoms with E-state index in [2.05, 4.69) is 26.1 Å². The molecule has 7 nitrogen and oxygen atoms in total. The highest BCUT2D eigenvalue weighted by atomic mass is 32.1. The number of amides is 3. The van der Waals surface area contributed by atoms with Gasteiger partial charge in [0.1, 0.15) is 11.0 Å². The van der Waals surface area contributed by atoms with Gasteiger partial charge in [-0.15, -0.1) is 10.2 Å². The van der Waals surface area contributed by atoms with Crippen LogP contribution >= 0.6 is 11.3 Å². The summed E-state index contributed by atoms with van der Waals surface area (Å²) < 4.78 is 0. The van der Waals surface area contributed by atoms with Crippen LogP contribution in [-0.2, 0) is 11.2 Å². The van der Waals surface area contributed by atoms with E-state index in [1.54, 1.807) is 0 Å². The summed E-state index contributed by atoms with van der Waals surface area (Å²) in [6.07, 6.45) is 0.330. The molecule has 0 spiro atoms. The maximum absolute atomic E-state index is 13.2. The lowest BCUT2D eigenvalue weighted by molar-refractivity contribution is -0.117. The number of carbonyl (C=O) groups is 2. The Morgan fingerprint density at radius 1 is 0.857 bits per heavy atom. The molecular weight excluding hydrogens is 458 g/mol. The molecule has 0 aliphatic rings. The Morgan fingerprint density at radius 2 is 1.60 bits per heavy atom. The lowest BCUT2D eigenvalue weighted by Gasteiger charge is -2.19. The lowest BCUT2D eigenvalue weighted by Crippen LogP contribution is -2.47. The second-order valence-corrected chi connectivity index (χ2v) is 9.33. The van der Waals surface area contributed by atoms with E-state index < -0.39 is 12.1 Å². The molecule has 1 unspecified atom stereocenters. The number of benzene rings is 3. The predicted molar refractivity (Wildman–Crippen MR) is 141 cm³/mol. The van der Waals surface area contributed by atoms with Crippen molar-refractivity contribution in [3.8, 4) is 10.6 Å². The van der Waals surface area contributed by atoms with Gasteiger partial charge in [-0.05, 0) is 43.5 Å². The average molecular weight is 486 g/mol. The first-order valence-corrected chi connectivity index (χ1v) is 12.1. The molecular formula is C27H27N5O2S. The van der Waals surface area contributed by atoms with Crippen LogP contribution in [0.15, 0.2) is 72.8 Å². The Bertz CT molecular complexity index is 1320. The third-order valence-electron chi connectivity index (χ3n) is 5.71. The van der Waals surface area contributed by atoms with Gasteiger partial charge in [0.25, 0.3) is 0 Å². The van der Waals surface area contributed by atoms with E-state index in [1.807, 2.05) is 93.6 Å². The maximum atomic E-state index is 13.2. The number of urea groups is 1. The fraction of sp³-hybridized carbons (Fsp3) is 0.185. The van der Waals surface area contributed by atoms with E-state index in [0.29, 0.717) is 22.2 Å². The molecule has 3 aromatic carbocycles. The van der Waals surface area contributed by atoms with Gasteiger partial charge in [-0.2, -0.15) is 0 Å². The molecule has 35 heavy (non-hydrogen) atoms. The molecule has 3 amide bonds. The summed E-state index contributed by atoms with van der Waals surface area (Å²) in [7, 11) is 0. The van der Waals surface area contributed by atoms with Gasteiger partial charge in [0.05, 0.1) is 0 Å². The van der Waals surface area contributed by atoms with Gasteiger partial charge in [0, 0.05) is 17.7 Å². The molecule has 0 saturated carbocycles. The van der Waals surface area contributed by atoms with Crippen molar-refractivity contribution < 1.29 is 9.59 Å². The van der Waals surface area contributed by atoms with E-state index in [-0.39, 0.29) is 5.91 Å². The smallest absolute Gasteiger partial charge is 0.319 e. The number of hydrogen-bond acceptors (Lipinski definition) is 5. The molecule has 4 rings (SSSR count). The van der Waals surface area contributed by atoms with Gasteiger partial charge in [-0.1, -0.05) is 83.6 Å². The topological polar surface area (TPSA) is 96.0 Å². The van der Waals surface area contributed by atoms with Crippen molar-refractivity contribution in [2.24, 2.45) is 0 Å². The predicted octanol–water partition coefficient (Wildman–Crippen LogP) is 5.50. The molecule has 178 valence electrons. The first kappa shape index (κ1) is 24.1. The Morgan fingerprint density at radius 3 is 2.34 bits per heavy atom. The van der Waals surface area contributed by atoms with E-state index in [0.717, 1.165) is 27.8 Å². The van der Waals surface area contributed by atoms with Crippen LogP contribution in [0, 0.1) is 20.8 Å². The standard InChI is InChI=1S/C27H27N5O2S/c1-17-12-14-21(15-13-17)25-31-32-27(35-25)30-24(33)23(16-20-9-5-4-6-10-20)29-26(34)28-22-11-7-8-18(2)19(22)3/h4-15,23H,16H2,1-3H3,(H2,28,29,34)(H,30,32,33). The fourth-order valence-electron chi connectivity index (χ4n) is 3.54. The van der Waals surface area contributed by atoms with E-state index >= 15 is 0 Å². The molecule has 1 atom stereocenters. The van der Waals surface area contributed by atoms with Crippen LogP contribution in [0.1, 0.15) is 22.3 Å². The highest BCUT2D eigenvalue weighted by Gasteiger charge is 2.23. The molecule has 0 saturated heterocycles. The Hall–Kier alpha value is -4.04. The van der Waals surface area contributed by atoms with Crippen molar-refractivity contribution in [3.05, 3.63) is 95.1 Å². The second kappa shape index (κ2) is 10.9. The first-order valence-electron chi connectivity index (χ1n) is 11.3. The molecule has 3 N–H and O–H groups in total. The molecule has 4 aromatic rings. The van der Waals surface area contributed by atoms with E-state index in [9.17, 15) is 9.59 Å². The SMILES string of the molecule is Cc1ccc(-c2nnc(NC(=O)C(Cc3ccccc3)NC(=O)Nc3cccc(C)c3C)s2)cc1. The molecule has 0 bridgehead atoms. The number of hydrogen-bond donors (Lipinski definition) is 3. The van der Waals surface area contributed by atoms with Gasteiger partial charge < -0.3 is 10.6 Å². The van der Waals surface area contributed by atoms with Crippen LogP contribution in [-0.4, -0.2) is 28.2 Å². The zero-order valence-corrected chi connectivity index (χ0v) is 20.6. The van der Waals surface area contributed by atoms with Crippen LogP contribution in [0.4, 0.5) is 15.6 Å². The monoisotopic (exact) mass is 485 g/mol. The summed E-state index contributed by atoms with van der Waals surface area (Å²) in [5.41, 5.74) is 5.76. The third kappa shape index (κ3) is 6.30. The van der Waals surface area contributed by atoms with Crippen molar-refractivity contribution in [3.63, 3.8) is 0 Å².